The molecule has 6 atom stereocenters. The molecule has 5 aliphatic rings. The SMILES string of the molecule is CCOCCOCCNC(=O)OCC1[C@H]2CCC#CCC[C@@H]12.NCCOCCOCC(COCCOCCN)(COCCOCCN)COCCOCCN.O=C(OCC1[C@H]2CCC#CCC[C@@H]12)ON1C(=O)CCC1=O. The number of amides is 3. The number of imide groups is 1. The highest BCUT2D eigenvalue weighted by Crippen LogP contribution is 2.53. The number of hydrogen-bond acceptors (Lipinski definition) is 21. The second kappa shape index (κ2) is 43.2. The van der Waals surface area contributed by atoms with Crippen LogP contribution in [0, 0.1) is 64.6 Å². The Bertz CT molecular complexity index is 1580. The first-order valence-electron chi connectivity index (χ1n) is 27.3. The van der Waals surface area contributed by atoms with E-state index in [0.717, 1.165) is 51.4 Å². The van der Waals surface area contributed by atoms with Gasteiger partial charge in [-0.05, 0) is 68.1 Å². The highest BCUT2D eigenvalue weighted by molar-refractivity contribution is 6.01. The van der Waals surface area contributed by atoms with E-state index in [9.17, 15) is 19.2 Å². The molecular formula is C53H92N6O17. The molecule has 0 bridgehead atoms. The summed E-state index contributed by atoms with van der Waals surface area (Å²) in [5.41, 5.74) is 21.2. The van der Waals surface area contributed by atoms with Crippen LogP contribution in [0.1, 0.15) is 71.1 Å². The lowest BCUT2D eigenvalue weighted by atomic mass is 9.92. The van der Waals surface area contributed by atoms with Crippen molar-refractivity contribution in [1.82, 2.24) is 10.4 Å². The minimum absolute atomic E-state index is 0.0822. The number of hydroxylamine groups is 2. The molecule has 0 radical (unpaired) electrons. The highest BCUT2D eigenvalue weighted by Gasteiger charge is 2.50. The molecule has 76 heavy (non-hydrogen) atoms. The minimum atomic E-state index is -0.978. The summed E-state index contributed by atoms with van der Waals surface area (Å²) in [6.45, 7) is 14.5. The fourth-order valence-corrected chi connectivity index (χ4v) is 8.92. The van der Waals surface area contributed by atoms with E-state index < -0.39 is 23.4 Å². The van der Waals surface area contributed by atoms with Crippen molar-refractivity contribution in [1.29, 1.82) is 0 Å². The van der Waals surface area contributed by atoms with Crippen molar-refractivity contribution < 1.29 is 80.9 Å². The third kappa shape index (κ3) is 29.8. The third-order valence-corrected chi connectivity index (χ3v) is 12.9. The van der Waals surface area contributed by atoms with E-state index in [-0.39, 0.29) is 25.5 Å². The van der Waals surface area contributed by atoms with Gasteiger partial charge in [-0.15, -0.1) is 23.7 Å². The zero-order valence-corrected chi connectivity index (χ0v) is 45.3. The summed E-state index contributed by atoms with van der Waals surface area (Å²) in [5.74, 6) is 15.1. The lowest BCUT2D eigenvalue weighted by Crippen LogP contribution is -2.43. The summed E-state index contributed by atoms with van der Waals surface area (Å²) >= 11 is 0. The topological polar surface area (TPSA) is 308 Å². The molecule has 1 saturated heterocycles. The van der Waals surface area contributed by atoms with Crippen molar-refractivity contribution in [2.45, 2.75) is 71.1 Å². The first-order chi connectivity index (χ1) is 37.2. The van der Waals surface area contributed by atoms with Gasteiger partial charge in [-0.3, -0.25) is 14.4 Å². The van der Waals surface area contributed by atoms with Crippen molar-refractivity contribution >= 4 is 24.1 Å². The van der Waals surface area contributed by atoms with Gasteiger partial charge in [0.15, 0.2) is 0 Å². The molecule has 4 aliphatic carbocycles. The molecule has 1 aliphatic heterocycles. The van der Waals surface area contributed by atoms with Gasteiger partial charge in [-0.2, -0.15) is 0 Å². The van der Waals surface area contributed by atoms with Gasteiger partial charge in [0.05, 0.1) is 144 Å². The molecule has 0 aromatic heterocycles. The maximum absolute atomic E-state index is 11.6. The maximum atomic E-state index is 11.6. The molecule has 0 spiro atoms. The molecule has 23 heteroatoms. The van der Waals surface area contributed by atoms with E-state index in [1.165, 1.54) is 0 Å². The average molecular weight is 1090 g/mol. The number of hydrogen-bond donors (Lipinski definition) is 5. The number of carbonyl (C=O) groups excluding carboxylic acids is 4. The molecule has 3 amide bonds. The normalized spacial score (nSPS) is 21.2. The number of fused-ring (bicyclic) bond motifs is 2. The predicted octanol–water partition coefficient (Wildman–Crippen LogP) is 1.79. The summed E-state index contributed by atoms with van der Waals surface area (Å²) in [6, 6.07) is 0. The van der Waals surface area contributed by atoms with Crippen LogP contribution in [0.2, 0.25) is 0 Å². The molecule has 1 heterocycles. The number of rotatable bonds is 40. The zero-order chi connectivity index (χ0) is 54.7. The number of nitrogens with two attached hydrogens (primary N) is 4. The molecule has 0 aromatic rings. The lowest BCUT2D eigenvalue weighted by molar-refractivity contribution is -0.177. The molecule has 23 nitrogen and oxygen atoms in total. The van der Waals surface area contributed by atoms with Crippen molar-refractivity contribution in [3.63, 3.8) is 0 Å². The van der Waals surface area contributed by atoms with Gasteiger partial charge in [0.2, 0.25) is 0 Å². The largest absolute Gasteiger partial charge is 0.533 e. The van der Waals surface area contributed by atoms with Crippen LogP contribution in [0.3, 0.4) is 0 Å². The van der Waals surface area contributed by atoms with Crippen molar-refractivity contribution in [2.24, 2.45) is 63.9 Å². The monoisotopic (exact) mass is 1080 g/mol. The van der Waals surface area contributed by atoms with Crippen LogP contribution in [-0.4, -0.2) is 207 Å². The van der Waals surface area contributed by atoms with Crippen LogP contribution in [0.4, 0.5) is 9.59 Å². The number of ether oxygens (including phenoxy) is 12. The first kappa shape index (κ1) is 66.5. The number of alkyl carbamates (subject to hydrolysis) is 1. The lowest BCUT2D eigenvalue weighted by Gasteiger charge is -2.33. The van der Waals surface area contributed by atoms with E-state index in [1.54, 1.807) is 0 Å². The van der Waals surface area contributed by atoms with E-state index in [4.69, 9.17) is 79.8 Å². The van der Waals surface area contributed by atoms with Crippen LogP contribution in [0.25, 0.3) is 0 Å². The molecule has 3 fully saturated rings. The average Bonchev–Trinajstić information content (AvgIpc) is 4.24. The number of nitrogens with one attached hydrogen (secondary N) is 1. The van der Waals surface area contributed by atoms with Gasteiger partial charge < -0.3 is 85.1 Å². The maximum Gasteiger partial charge on any atom is 0.533 e. The van der Waals surface area contributed by atoms with E-state index in [0.29, 0.717) is 212 Å². The Balaban J connectivity index is 0.000000310. The first-order valence-corrected chi connectivity index (χ1v) is 27.3. The van der Waals surface area contributed by atoms with Crippen LogP contribution >= 0.6 is 0 Å². The molecule has 2 unspecified atom stereocenters. The molecule has 5 rings (SSSR count). The van der Waals surface area contributed by atoms with Crippen LogP contribution in [0.5, 0.6) is 0 Å². The van der Waals surface area contributed by atoms with Gasteiger partial charge in [0.1, 0.15) is 0 Å². The van der Waals surface area contributed by atoms with Crippen molar-refractivity contribution in [2.75, 3.05) is 178 Å². The Kier molecular flexibility index (Phi) is 37.8. The predicted molar refractivity (Wildman–Crippen MR) is 279 cm³/mol. The van der Waals surface area contributed by atoms with E-state index in [2.05, 4.69) is 33.8 Å². The highest BCUT2D eigenvalue weighted by atomic mass is 16.8. The molecule has 2 saturated carbocycles. The summed E-state index contributed by atoms with van der Waals surface area (Å²) in [7, 11) is 0. The Labute approximate surface area is 450 Å². The smallest absolute Gasteiger partial charge is 0.449 e. The van der Waals surface area contributed by atoms with E-state index >= 15 is 0 Å². The summed E-state index contributed by atoms with van der Waals surface area (Å²) < 4.78 is 65.9. The zero-order valence-electron chi connectivity index (χ0n) is 45.3. The van der Waals surface area contributed by atoms with Gasteiger partial charge in [0.25, 0.3) is 11.8 Å². The number of nitrogens with zero attached hydrogens (tertiary/aromatic N) is 1. The summed E-state index contributed by atoms with van der Waals surface area (Å²) in [5, 5.41) is 3.22. The van der Waals surface area contributed by atoms with Gasteiger partial charge in [0, 0.05) is 77.9 Å². The van der Waals surface area contributed by atoms with Gasteiger partial charge in [-0.1, -0.05) is 5.06 Å². The molecule has 436 valence electrons. The number of carbonyl (C=O) groups is 4. The van der Waals surface area contributed by atoms with Crippen molar-refractivity contribution in [3.8, 4) is 23.7 Å². The van der Waals surface area contributed by atoms with Crippen LogP contribution < -0.4 is 28.3 Å². The fourth-order valence-electron chi connectivity index (χ4n) is 8.92. The Morgan fingerprint density at radius 3 is 1.21 bits per heavy atom. The molecule has 9 N–H and O–H groups in total. The van der Waals surface area contributed by atoms with Gasteiger partial charge >= 0.3 is 12.2 Å². The Hall–Kier alpha value is -3.76. The quantitative estimate of drug-likeness (QED) is 0.0253. The van der Waals surface area contributed by atoms with Crippen molar-refractivity contribution in [3.05, 3.63) is 0 Å². The van der Waals surface area contributed by atoms with Crippen LogP contribution in [0.15, 0.2) is 0 Å². The molecular weight excluding hydrogens is 993 g/mol. The van der Waals surface area contributed by atoms with Crippen LogP contribution in [-0.2, 0) is 71.3 Å². The summed E-state index contributed by atoms with van der Waals surface area (Å²) in [4.78, 5) is 50.4. The van der Waals surface area contributed by atoms with E-state index in [1.807, 2.05) is 6.92 Å². The Morgan fingerprint density at radius 2 is 0.842 bits per heavy atom. The molecule has 0 aromatic carbocycles. The second-order valence-corrected chi connectivity index (χ2v) is 18.7. The third-order valence-electron chi connectivity index (χ3n) is 12.9. The Morgan fingerprint density at radius 1 is 0.500 bits per heavy atom. The second-order valence-electron chi connectivity index (χ2n) is 18.7. The fraction of sp³-hybridized carbons (Fsp3) is 0.849. The standard InChI is InChI=1S/C21H48N4O8.C17H27NO4.C15H17NO5/c22-1-5-26-9-13-30-17-21(18-31-14-10-27-6-2-23,19-32-15-11-28-7-3-24)20-33-16-12-29-8-4-25;1-2-20-11-12-21-10-9-18-17(19)22-13-16-14-7-5-3-4-6-8-15(14)16;17-13-7-8-14(18)16(13)21-15(19)20-9-12-10-5-3-1-2-4-6-11(10)12/h1-20,22-25H2;14-16H,2,5-13H2,1H3,(H,18,19);10-12H,3-9H2/t;14-,15+,16?;10-,11+,12?. The van der Waals surface area contributed by atoms with Gasteiger partial charge in [-0.25, -0.2) is 9.59 Å². The summed E-state index contributed by atoms with van der Waals surface area (Å²) in [6.07, 6.45) is 7.02. The minimum Gasteiger partial charge on any atom is -0.449 e.